The molecule has 3 rings (SSSR count). The molecule has 6 nitrogen and oxygen atoms in total. The number of hydrogen-bond acceptors (Lipinski definition) is 5. The number of nitrogens with one attached hydrogen (secondary N) is 1. The minimum Gasteiger partial charge on any atom is -0.491 e. The molecule has 0 radical (unpaired) electrons. The van der Waals surface area contributed by atoms with Gasteiger partial charge in [-0.3, -0.25) is 9.78 Å². The van der Waals surface area contributed by atoms with Crippen molar-refractivity contribution in [1.82, 2.24) is 4.98 Å². The molecule has 0 bridgehead atoms. The predicted octanol–water partition coefficient (Wildman–Crippen LogP) is 3.23. The number of carbonyl (C=O) groups excluding carboxylic acids is 1. The van der Waals surface area contributed by atoms with E-state index in [4.69, 9.17) is 16.2 Å². The average Bonchev–Trinajstić information content (AvgIpc) is 2.66. The lowest BCUT2D eigenvalue weighted by Gasteiger charge is -2.20. The topological polar surface area (TPSA) is 103 Å². The van der Waals surface area contributed by atoms with Crippen LogP contribution in [0, 0.1) is 0 Å². The van der Waals surface area contributed by atoms with Gasteiger partial charge in [0.05, 0.1) is 23.2 Å². The number of primary amides is 1. The third kappa shape index (κ3) is 4.17. The maximum atomic E-state index is 11.7. The minimum absolute atomic E-state index is 0.0964. The molecule has 2 aromatic carbocycles. The highest BCUT2D eigenvalue weighted by molar-refractivity contribution is 6.07. The van der Waals surface area contributed by atoms with E-state index in [0.717, 1.165) is 22.4 Å². The monoisotopic (exact) mass is 364 g/mol. The molecule has 1 aromatic heterocycles. The van der Waals surface area contributed by atoms with Gasteiger partial charge in [0.15, 0.2) is 0 Å². The SMILES string of the molecule is CC(C)Oc1ccc([C@@H](CN)Nc2ccnc3c(C(N)=O)cccc23)cc1. The first-order valence-corrected chi connectivity index (χ1v) is 8.90. The highest BCUT2D eigenvalue weighted by Gasteiger charge is 2.14. The van der Waals surface area contributed by atoms with Crippen LogP contribution in [0.1, 0.15) is 35.8 Å². The van der Waals surface area contributed by atoms with Gasteiger partial charge in [-0.15, -0.1) is 0 Å². The van der Waals surface area contributed by atoms with Gasteiger partial charge >= 0.3 is 0 Å². The maximum Gasteiger partial charge on any atom is 0.250 e. The normalized spacial score (nSPS) is 12.1. The zero-order chi connectivity index (χ0) is 19.4. The molecule has 1 heterocycles. The molecule has 0 fully saturated rings. The van der Waals surface area contributed by atoms with Gasteiger partial charge in [-0.1, -0.05) is 24.3 Å². The van der Waals surface area contributed by atoms with E-state index in [-0.39, 0.29) is 12.1 Å². The Balaban J connectivity index is 1.91. The van der Waals surface area contributed by atoms with Crippen LogP contribution in [-0.4, -0.2) is 23.5 Å². The summed E-state index contributed by atoms with van der Waals surface area (Å²) >= 11 is 0. The fraction of sp³-hybridized carbons (Fsp3) is 0.238. The number of benzene rings is 2. The molecule has 3 aromatic rings. The number of para-hydroxylation sites is 1. The molecule has 0 aliphatic rings. The fourth-order valence-electron chi connectivity index (χ4n) is 3.02. The van der Waals surface area contributed by atoms with Crippen LogP contribution in [0.3, 0.4) is 0 Å². The minimum atomic E-state index is -0.499. The number of amides is 1. The van der Waals surface area contributed by atoms with E-state index in [1.807, 2.05) is 50.2 Å². The van der Waals surface area contributed by atoms with E-state index < -0.39 is 5.91 Å². The number of nitrogens with zero attached hydrogens (tertiary/aromatic N) is 1. The summed E-state index contributed by atoms with van der Waals surface area (Å²) in [6, 6.07) is 15.0. The third-order valence-electron chi connectivity index (χ3n) is 4.26. The lowest BCUT2D eigenvalue weighted by atomic mass is 10.0. The van der Waals surface area contributed by atoms with Gasteiger partial charge < -0.3 is 21.5 Å². The first-order valence-electron chi connectivity index (χ1n) is 8.90. The molecule has 0 spiro atoms. The van der Waals surface area contributed by atoms with Crippen molar-refractivity contribution < 1.29 is 9.53 Å². The van der Waals surface area contributed by atoms with Crippen LogP contribution < -0.4 is 21.5 Å². The molecule has 0 unspecified atom stereocenters. The van der Waals surface area contributed by atoms with Crippen LogP contribution in [0.5, 0.6) is 5.75 Å². The van der Waals surface area contributed by atoms with E-state index in [9.17, 15) is 4.79 Å². The van der Waals surface area contributed by atoms with E-state index in [1.165, 1.54) is 0 Å². The van der Waals surface area contributed by atoms with Crippen LogP contribution in [0.15, 0.2) is 54.7 Å². The molecular weight excluding hydrogens is 340 g/mol. The van der Waals surface area contributed by atoms with Gasteiger partial charge in [-0.25, -0.2) is 0 Å². The first kappa shape index (κ1) is 18.7. The number of fused-ring (bicyclic) bond motifs is 1. The van der Waals surface area contributed by atoms with E-state index in [1.54, 1.807) is 18.3 Å². The van der Waals surface area contributed by atoms with Crippen molar-refractivity contribution in [3.8, 4) is 5.75 Å². The van der Waals surface area contributed by atoms with Crippen molar-refractivity contribution in [2.75, 3.05) is 11.9 Å². The van der Waals surface area contributed by atoms with Crippen LogP contribution in [0.4, 0.5) is 5.69 Å². The fourth-order valence-corrected chi connectivity index (χ4v) is 3.02. The van der Waals surface area contributed by atoms with Crippen molar-refractivity contribution in [2.24, 2.45) is 11.5 Å². The van der Waals surface area contributed by atoms with Crippen molar-refractivity contribution in [1.29, 1.82) is 0 Å². The number of carbonyl (C=O) groups is 1. The average molecular weight is 364 g/mol. The standard InChI is InChI=1S/C21H24N4O2/c1-13(2)27-15-8-6-14(7-9-15)19(12-22)25-18-10-11-24-20-16(18)4-3-5-17(20)21(23)26/h3-11,13,19H,12,22H2,1-2H3,(H2,23,26)(H,24,25)/t19-/m1/s1. The Kier molecular flexibility index (Phi) is 5.57. The number of rotatable bonds is 7. The summed E-state index contributed by atoms with van der Waals surface area (Å²) in [6.07, 6.45) is 1.78. The number of anilines is 1. The van der Waals surface area contributed by atoms with Crippen LogP contribution in [0.2, 0.25) is 0 Å². The van der Waals surface area contributed by atoms with Gasteiger partial charge in [0.1, 0.15) is 5.75 Å². The molecule has 0 saturated carbocycles. The molecule has 1 amide bonds. The molecule has 0 aliphatic carbocycles. The lowest BCUT2D eigenvalue weighted by Crippen LogP contribution is -2.21. The van der Waals surface area contributed by atoms with E-state index >= 15 is 0 Å². The van der Waals surface area contributed by atoms with Crippen molar-refractivity contribution >= 4 is 22.5 Å². The first-order chi connectivity index (χ1) is 13.0. The summed E-state index contributed by atoms with van der Waals surface area (Å²) in [5, 5.41) is 4.28. The number of aromatic nitrogens is 1. The third-order valence-corrected chi connectivity index (χ3v) is 4.26. The number of nitrogens with two attached hydrogens (primary N) is 2. The maximum absolute atomic E-state index is 11.7. The Labute approximate surface area is 158 Å². The van der Waals surface area contributed by atoms with Gasteiger partial charge in [-0.05, 0) is 43.7 Å². The van der Waals surface area contributed by atoms with Crippen LogP contribution in [0.25, 0.3) is 10.9 Å². The van der Waals surface area contributed by atoms with Crippen LogP contribution >= 0.6 is 0 Å². The summed E-state index contributed by atoms with van der Waals surface area (Å²) in [4.78, 5) is 16.0. The number of pyridine rings is 1. The molecular formula is C21H24N4O2. The Morgan fingerprint density at radius 3 is 2.52 bits per heavy atom. The smallest absolute Gasteiger partial charge is 0.250 e. The number of hydrogen-bond donors (Lipinski definition) is 3. The number of ether oxygens (including phenoxy) is 1. The van der Waals surface area contributed by atoms with Gasteiger partial charge in [-0.2, -0.15) is 0 Å². The quantitative estimate of drug-likeness (QED) is 0.597. The molecule has 6 heteroatoms. The second kappa shape index (κ2) is 8.05. The zero-order valence-electron chi connectivity index (χ0n) is 15.5. The van der Waals surface area contributed by atoms with Gasteiger partial charge in [0, 0.05) is 23.8 Å². The Morgan fingerprint density at radius 2 is 1.89 bits per heavy atom. The van der Waals surface area contributed by atoms with Gasteiger partial charge in [0.25, 0.3) is 5.91 Å². The molecule has 27 heavy (non-hydrogen) atoms. The Morgan fingerprint density at radius 1 is 1.15 bits per heavy atom. The van der Waals surface area contributed by atoms with Crippen LogP contribution in [-0.2, 0) is 0 Å². The Hall–Kier alpha value is -3.12. The lowest BCUT2D eigenvalue weighted by molar-refractivity contribution is 0.100. The largest absolute Gasteiger partial charge is 0.491 e. The summed E-state index contributed by atoms with van der Waals surface area (Å²) in [5.74, 6) is 0.325. The summed E-state index contributed by atoms with van der Waals surface area (Å²) in [5.41, 5.74) is 14.3. The summed E-state index contributed by atoms with van der Waals surface area (Å²) in [6.45, 7) is 4.39. The van der Waals surface area contributed by atoms with E-state index in [2.05, 4.69) is 10.3 Å². The second-order valence-electron chi connectivity index (χ2n) is 6.59. The Bertz CT molecular complexity index is 939. The molecule has 140 valence electrons. The van der Waals surface area contributed by atoms with Crippen molar-refractivity contribution in [3.63, 3.8) is 0 Å². The highest BCUT2D eigenvalue weighted by atomic mass is 16.5. The van der Waals surface area contributed by atoms with Gasteiger partial charge in [0.2, 0.25) is 0 Å². The van der Waals surface area contributed by atoms with Crippen molar-refractivity contribution in [3.05, 3.63) is 65.9 Å². The van der Waals surface area contributed by atoms with Crippen molar-refractivity contribution in [2.45, 2.75) is 26.0 Å². The highest BCUT2D eigenvalue weighted by Crippen LogP contribution is 2.28. The molecule has 0 aliphatic heterocycles. The van der Waals surface area contributed by atoms with E-state index in [0.29, 0.717) is 17.6 Å². The molecule has 0 saturated heterocycles. The summed E-state index contributed by atoms with van der Waals surface area (Å²) < 4.78 is 5.69. The molecule has 5 N–H and O–H groups in total. The summed E-state index contributed by atoms with van der Waals surface area (Å²) in [7, 11) is 0. The molecule has 1 atom stereocenters. The second-order valence-corrected chi connectivity index (χ2v) is 6.59. The zero-order valence-corrected chi connectivity index (χ0v) is 15.5. The predicted molar refractivity (Wildman–Crippen MR) is 108 cm³/mol.